The minimum absolute atomic E-state index is 0.0104. The molecule has 112 valence electrons. The highest BCUT2D eigenvalue weighted by Crippen LogP contribution is 2.27. The van der Waals surface area contributed by atoms with E-state index in [4.69, 9.17) is 5.11 Å². The van der Waals surface area contributed by atoms with Crippen LogP contribution in [0.3, 0.4) is 0 Å². The van der Waals surface area contributed by atoms with Crippen LogP contribution in [0.4, 0.5) is 5.69 Å². The number of rotatable bonds is 6. The summed E-state index contributed by atoms with van der Waals surface area (Å²) in [5, 5.41) is 22.2. The van der Waals surface area contributed by atoms with Gasteiger partial charge in [-0.2, -0.15) is 0 Å². The van der Waals surface area contributed by atoms with Crippen LogP contribution < -0.4 is 5.32 Å². The third-order valence-electron chi connectivity index (χ3n) is 3.61. The Bertz CT molecular complexity index is 566. The van der Waals surface area contributed by atoms with Gasteiger partial charge in [0, 0.05) is 24.6 Å². The van der Waals surface area contributed by atoms with E-state index in [1.54, 1.807) is 12.1 Å². The second-order valence-corrected chi connectivity index (χ2v) is 5.20. The lowest BCUT2D eigenvalue weighted by Gasteiger charge is -2.32. The number of hydrogen-bond acceptors (Lipinski definition) is 4. The maximum Gasteiger partial charge on any atom is 0.306 e. The first kappa shape index (κ1) is 15.0. The van der Waals surface area contributed by atoms with Crippen molar-refractivity contribution in [3.8, 4) is 0 Å². The molecule has 2 rings (SSSR count). The SMILES string of the molecule is O=C(CCc1cccc([N+](=O)[O-])c1)NC1CC(C(=O)O)C1. The third-order valence-corrected chi connectivity index (χ3v) is 3.61. The summed E-state index contributed by atoms with van der Waals surface area (Å²) in [6, 6.07) is 6.13. The molecule has 0 aromatic heterocycles. The molecular weight excluding hydrogens is 276 g/mol. The molecule has 1 aliphatic carbocycles. The van der Waals surface area contributed by atoms with Crippen LogP contribution in [-0.4, -0.2) is 27.9 Å². The summed E-state index contributed by atoms with van der Waals surface area (Å²) in [5.74, 6) is -1.33. The highest BCUT2D eigenvalue weighted by molar-refractivity contribution is 5.77. The number of nitro benzene ring substituents is 1. The molecule has 0 atom stereocenters. The molecule has 1 aromatic carbocycles. The largest absolute Gasteiger partial charge is 0.481 e. The van der Waals surface area contributed by atoms with E-state index in [1.807, 2.05) is 0 Å². The molecule has 0 spiro atoms. The number of nitrogens with one attached hydrogen (secondary N) is 1. The normalized spacial score (nSPS) is 20.4. The van der Waals surface area contributed by atoms with Gasteiger partial charge in [0.15, 0.2) is 0 Å². The molecule has 0 heterocycles. The minimum atomic E-state index is -0.822. The van der Waals surface area contributed by atoms with Gasteiger partial charge in [-0.1, -0.05) is 12.1 Å². The van der Waals surface area contributed by atoms with E-state index in [0.29, 0.717) is 19.3 Å². The fourth-order valence-corrected chi connectivity index (χ4v) is 2.32. The minimum Gasteiger partial charge on any atom is -0.481 e. The zero-order valence-corrected chi connectivity index (χ0v) is 11.3. The van der Waals surface area contributed by atoms with Crippen molar-refractivity contribution in [1.82, 2.24) is 5.32 Å². The van der Waals surface area contributed by atoms with Crippen molar-refractivity contribution in [2.45, 2.75) is 31.7 Å². The second-order valence-electron chi connectivity index (χ2n) is 5.20. The van der Waals surface area contributed by atoms with Crippen LogP contribution in [-0.2, 0) is 16.0 Å². The molecule has 0 unspecified atom stereocenters. The predicted molar refractivity (Wildman–Crippen MR) is 73.7 cm³/mol. The molecule has 2 N–H and O–H groups in total. The first-order valence-electron chi connectivity index (χ1n) is 6.71. The lowest BCUT2D eigenvalue weighted by atomic mass is 9.80. The number of amides is 1. The number of carbonyl (C=O) groups excluding carboxylic acids is 1. The summed E-state index contributed by atoms with van der Waals surface area (Å²) in [6.45, 7) is 0. The summed E-state index contributed by atoms with van der Waals surface area (Å²) < 4.78 is 0. The fourth-order valence-electron chi connectivity index (χ4n) is 2.32. The fraction of sp³-hybridized carbons (Fsp3) is 0.429. The average molecular weight is 292 g/mol. The Balaban J connectivity index is 1.76. The van der Waals surface area contributed by atoms with Crippen molar-refractivity contribution in [2.24, 2.45) is 5.92 Å². The quantitative estimate of drug-likeness (QED) is 0.610. The highest BCUT2D eigenvalue weighted by Gasteiger charge is 2.35. The zero-order chi connectivity index (χ0) is 15.4. The van der Waals surface area contributed by atoms with E-state index < -0.39 is 10.9 Å². The standard InChI is InChI=1S/C14H16N2O5/c17-13(15-11-7-10(8-11)14(18)19)5-4-9-2-1-3-12(6-9)16(20)21/h1-3,6,10-11H,4-5,7-8H2,(H,15,17)(H,18,19). The summed E-state index contributed by atoms with van der Waals surface area (Å²) in [5.41, 5.74) is 0.743. The number of carboxylic acids is 1. The van der Waals surface area contributed by atoms with Gasteiger partial charge >= 0.3 is 5.97 Å². The van der Waals surface area contributed by atoms with E-state index in [1.165, 1.54) is 12.1 Å². The molecular formula is C14H16N2O5. The van der Waals surface area contributed by atoms with Crippen molar-refractivity contribution in [3.63, 3.8) is 0 Å². The van der Waals surface area contributed by atoms with Crippen LogP contribution in [0.5, 0.6) is 0 Å². The van der Waals surface area contributed by atoms with E-state index in [-0.39, 0.29) is 30.0 Å². The molecule has 7 nitrogen and oxygen atoms in total. The number of carboxylic acid groups (broad SMARTS) is 1. The predicted octanol–water partition coefficient (Wildman–Crippen LogP) is 1.51. The number of benzene rings is 1. The summed E-state index contributed by atoms with van der Waals surface area (Å²) in [4.78, 5) is 32.5. The van der Waals surface area contributed by atoms with E-state index >= 15 is 0 Å². The van der Waals surface area contributed by atoms with Gasteiger partial charge in [-0.25, -0.2) is 0 Å². The molecule has 0 aliphatic heterocycles. The molecule has 1 aliphatic rings. The van der Waals surface area contributed by atoms with Crippen molar-refractivity contribution in [2.75, 3.05) is 0 Å². The molecule has 21 heavy (non-hydrogen) atoms. The number of aliphatic carboxylic acids is 1. The maximum atomic E-state index is 11.7. The number of hydrogen-bond donors (Lipinski definition) is 2. The van der Waals surface area contributed by atoms with Crippen LogP contribution >= 0.6 is 0 Å². The Kier molecular flexibility index (Phi) is 4.52. The first-order valence-corrected chi connectivity index (χ1v) is 6.71. The molecule has 1 fully saturated rings. The summed E-state index contributed by atoms with van der Waals surface area (Å²) in [7, 11) is 0. The highest BCUT2D eigenvalue weighted by atomic mass is 16.6. The number of nitrogens with zero attached hydrogens (tertiary/aromatic N) is 1. The number of aryl methyl sites for hydroxylation is 1. The van der Waals surface area contributed by atoms with Gasteiger partial charge in [0.25, 0.3) is 5.69 Å². The smallest absolute Gasteiger partial charge is 0.306 e. The Morgan fingerprint density at radius 1 is 1.38 bits per heavy atom. The van der Waals surface area contributed by atoms with Crippen molar-refractivity contribution < 1.29 is 19.6 Å². The van der Waals surface area contributed by atoms with Crippen LogP contribution in [0.2, 0.25) is 0 Å². The van der Waals surface area contributed by atoms with Gasteiger partial charge in [-0.15, -0.1) is 0 Å². The Labute approximate surface area is 121 Å². The third kappa shape index (κ3) is 4.01. The van der Waals surface area contributed by atoms with Gasteiger partial charge in [0.1, 0.15) is 0 Å². The van der Waals surface area contributed by atoms with Crippen molar-refractivity contribution >= 4 is 17.6 Å². The Hall–Kier alpha value is -2.44. The molecule has 1 aromatic rings. The topological polar surface area (TPSA) is 110 Å². The van der Waals surface area contributed by atoms with Crippen LogP contribution in [0.1, 0.15) is 24.8 Å². The number of non-ortho nitro benzene ring substituents is 1. The molecule has 7 heteroatoms. The van der Waals surface area contributed by atoms with Gasteiger partial charge in [-0.3, -0.25) is 19.7 Å². The first-order chi connectivity index (χ1) is 9.95. The molecule has 1 amide bonds. The van der Waals surface area contributed by atoms with E-state index in [2.05, 4.69) is 5.32 Å². The monoisotopic (exact) mass is 292 g/mol. The number of carbonyl (C=O) groups is 2. The maximum absolute atomic E-state index is 11.7. The Morgan fingerprint density at radius 3 is 2.71 bits per heavy atom. The summed E-state index contributed by atoms with van der Waals surface area (Å²) >= 11 is 0. The zero-order valence-electron chi connectivity index (χ0n) is 11.3. The number of nitro groups is 1. The molecule has 1 saturated carbocycles. The van der Waals surface area contributed by atoms with Gasteiger partial charge in [0.2, 0.25) is 5.91 Å². The molecule has 0 radical (unpaired) electrons. The van der Waals surface area contributed by atoms with Crippen LogP contribution in [0, 0.1) is 16.0 Å². The van der Waals surface area contributed by atoms with Gasteiger partial charge in [0.05, 0.1) is 10.8 Å². The van der Waals surface area contributed by atoms with Crippen molar-refractivity contribution in [1.29, 1.82) is 0 Å². The van der Waals surface area contributed by atoms with Gasteiger partial charge < -0.3 is 10.4 Å². The second kappa shape index (κ2) is 6.34. The molecule has 0 bridgehead atoms. The summed E-state index contributed by atoms with van der Waals surface area (Å²) in [6.07, 6.45) is 1.59. The lowest BCUT2D eigenvalue weighted by Crippen LogP contribution is -2.46. The van der Waals surface area contributed by atoms with E-state index in [0.717, 1.165) is 5.56 Å². The average Bonchev–Trinajstić information content (AvgIpc) is 2.40. The Morgan fingerprint density at radius 2 is 2.10 bits per heavy atom. The van der Waals surface area contributed by atoms with Crippen LogP contribution in [0.15, 0.2) is 24.3 Å². The van der Waals surface area contributed by atoms with Crippen molar-refractivity contribution in [3.05, 3.63) is 39.9 Å². The van der Waals surface area contributed by atoms with E-state index in [9.17, 15) is 19.7 Å². The lowest BCUT2D eigenvalue weighted by molar-refractivity contribution is -0.384. The van der Waals surface area contributed by atoms with Gasteiger partial charge in [-0.05, 0) is 24.8 Å². The van der Waals surface area contributed by atoms with Crippen LogP contribution in [0.25, 0.3) is 0 Å². The molecule has 0 saturated heterocycles.